The predicted octanol–water partition coefficient (Wildman–Crippen LogP) is 3.32. The summed E-state index contributed by atoms with van der Waals surface area (Å²) in [5, 5.41) is 2.81. The molecule has 0 aliphatic carbocycles. The molecule has 0 radical (unpaired) electrons. The molecule has 0 saturated carbocycles. The fourth-order valence-corrected chi connectivity index (χ4v) is 2.89. The van der Waals surface area contributed by atoms with Gasteiger partial charge in [0.15, 0.2) is 6.10 Å². The molecule has 0 bridgehead atoms. The van der Waals surface area contributed by atoms with E-state index in [1.54, 1.807) is 12.1 Å². The molecule has 1 unspecified atom stereocenters. The number of hydrogen-bond donors (Lipinski definition) is 1. The van der Waals surface area contributed by atoms with Crippen molar-refractivity contribution >= 4 is 40.2 Å². The van der Waals surface area contributed by atoms with Crippen molar-refractivity contribution in [2.45, 2.75) is 19.4 Å². The Balaban J connectivity index is 1.76. The number of nitrogens with one attached hydrogen (secondary N) is 1. The molecule has 112 valence electrons. The van der Waals surface area contributed by atoms with Crippen LogP contribution in [0.15, 0.2) is 42.5 Å². The molecule has 2 aromatic carbocycles. The monoisotopic (exact) mass is 407 g/mol. The second-order valence-electron chi connectivity index (χ2n) is 5.21. The quantitative estimate of drug-likeness (QED) is 0.614. The summed E-state index contributed by atoms with van der Waals surface area (Å²) < 4.78 is 6.32. The summed E-state index contributed by atoms with van der Waals surface area (Å²) in [6.45, 7) is 2.01. The van der Waals surface area contributed by atoms with Gasteiger partial charge in [-0.3, -0.25) is 4.79 Å². The number of fused-ring (bicyclic) bond motifs is 1. The molecule has 3 rings (SSSR count). The van der Waals surface area contributed by atoms with Crippen LogP contribution < -0.4 is 5.32 Å². The zero-order valence-corrected chi connectivity index (χ0v) is 14.1. The van der Waals surface area contributed by atoms with Crippen LogP contribution in [-0.2, 0) is 16.0 Å². The van der Waals surface area contributed by atoms with E-state index >= 15 is 0 Å². The van der Waals surface area contributed by atoms with Crippen LogP contribution in [0.3, 0.4) is 0 Å². The molecule has 1 amide bonds. The lowest BCUT2D eigenvalue weighted by molar-refractivity contribution is -0.125. The summed E-state index contributed by atoms with van der Waals surface area (Å²) >= 11 is 2.22. The molecule has 1 aliphatic heterocycles. The molecule has 5 heteroatoms. The van der Waals surface area contributed by atoms with E-state index in [0.29, 0.717) is 17.7 Å². The number of halogens is 1. The van der Waals surface area contributed by atoms with Crippen molar-refractivity contribution in [3.8, 4) is 0 Å². The van der Waals surface area contributed by atoms with E-state index in [1.807, 2.05) is 37.3 Å². The number of aryl methyl sites for hydroxylation is 1. The van der Waals surface area contributed by atoms with Crippen LogP contribution in [0.25, 0.3) is 0 Å². The molecular formula is C17H14INO3. The zero-order valence-electron chi connectivity index (χ0n) is 11.9. The molecule has 4 nitrogen and oxygen atoms in total. The van der Waals surface area contributed by atoms with E-state index < -0.39 is 12.1 Å². The van der Waals surface area contributed by atoms with Crippen molar-refractivity contribution in [3.63, 3.8) is 0 Å². The second-order valence-corrected chi connectivity index (χ2v) is 6.37. The van der Waals surface area contributed by atoms with E-state index in [4.69, 9.17) is 4.74 Å². The lowest BCUT2D eigenvalue weighted by Gasteiger charge is -2.23. The second kappa shape index (κ2) is 6.08. The molecule has 1 aliphatic rings. The van der Waals surface area contributed by atoms with Crippen molar-refractivity contribution in [1.29, 1.82) is 0 Å². The van der Waals surface area contributed by atoms with Gasteiger partial charge in [0, 0.05) is 15.7 Å². The minimum absolute atomic E-state index is 0.303. The van der Waals surface area contributed by atoms with Crippen LogP contribution >= 0.6 is 22.6 Å². The van der Waals surface area contributed by atoms with Gasteiger partial charge in [0.1, 0.15) is 0 Å². The number of benzene rings is 2. The summed E-state index contributed by atoms with van der Waals surface area (Å²) in [5.74, 6) is -0.747. The fourth-order valence-electron chi connectivity index (χ4n) is 2.37. The Kier molecular flexibility index (Phi) is 4.15. The summed E-state index contributed by atoms with van der Waals surface area (Å²) in [5.41, 5.74) is 3.24. The molecule has 1 N–H and O–H groups in total. The average molecular weight is 407 g/mol. The lowest BCUT2D eigenvalue weighted by atomic mass is 9.98. The Morgan fingerprint density at radius 3 is 2.82 bits per heavy atom. The lowest BCUT2D eigenvalue weighted by Crippen LogP contribution is -2.37. The number of carbonyl (C=O) groups is 2. The molecule has 0 fully saturated rings. The highest BCUT2D eigenvalue weighted by molar-refractivity contribution is 14.1. The average Bonchev–Trinajstić information content (AvgIpc) is 2.51. The van der Waals surface area contributed by atoms with Gasteiger partial charge in [0.2, 0.25) is 0 Å². The first-order valence-corrected chi connectivity index (χ1v) is 7.98. The Morgan fingerprint density at radius 2 is 2.05 bits per heavy atom. The van der Waals surface area contributed by atoms with Crippen LogP contribution in [0.2, 0.25) is 0 Å². The number of carbonyl (C=O) groups excluding carboxylic acids is 2. The normalized spacial score (nSPS) is 16.6. The van der Waals surface area contributed by atoms with Crippen molar-refractivity contribution in [2.75, 3.05) is 5.32 Å². The third-order valence-corrected chi connectivity index (χ3v) is 4.79. The van der Waals surface area contributed by atoms with Crippen LogP contribution in [0, 0.1) is 10.5 Å². The van der Waals surface area contributed by atoms with E-state index in [9.17, 15) is 9.59 Å². The van der Waals surface area contributed by atoms with E-state index in [2.05, 4.69) is 27.9 Å². The summed E-state index contributed by atoms with van der Waals surface area (Å²) in [4.78, 5) is 24.3. The number of amides is 1. The molecule has 2 aromatic rings. The number of cyclic esters (lactones) is 1. The van der Waals surface area contributed by atoms with E-state index in [1.165, 1.54) is 0 Å². The topological polar surface area (TPSA) is 55.4 Å². The van der Waals surface area contributed by atoms with Crippen LogP contribution in [0.4, 0.5) is 5.69 Å². The summed E-state index contributed by atoms with van der Waals surface area (Å²) in [7, 11) is 0. The van der Waals surface area contributed by atoms with Crippen molar-refractivity contribution in [3.05, 3.63) is 62.7 Å². The molecule has 1 atom stereocenters. The van der Waals surface area contributed by atoms with Crippen molar-refractivity contribution in [2.24, 2.45) is 0 Å². The highest BCUT2D eigenvalue weighted by atomic mass is 127. The predicted molar refractivity (Wildman–Crippen MR) is 91.9 cm³/mol. The SMILES string of the molecule is Cc1ccc(NC(=O)C2Cc3ccccc3C(=O)O2)cc1I. The zero-order chi connectivity index (χ0) is 15.7. The van der Waals surface area contributed by atoms with E-state index in [-0.39, 0.29) is 5.91 Å². The molecule has 0 spiro atoms. The van der Waals surface area contributed by atoms with Gasteiger partial charge < -0.3 is 10.1 Å². The summed E-state index contributed by atoms with van der Waals surface area (Å²) in [6.07, 6.45) is -0.391. The van der Waals surface area contributed by atoms with Gasteiger partial charge in [0.05, 0.1) is 5.56 Å². The minimum atomic E-state index is -0.790. The highest BCUT2D eigenvalue weighted by Crippen LogP contribution is 2.22. The van der Waals surface area contributed by atoms with Gasteiger partial charge in [-0.05, 0) is 58.8 Å². The van der Waals surface area contributed by atoms with Gasteiger partial charge in [0.25, 0.3) is 5.91 Å². The molecule has 1 heterocycles. The minimum Gasteiger partial charge on any atom is -0.448 e. The first-order valence-electron chi connectivity index (χ1n) is 6.90. The standard InChI is InChI=1S/C17H14INO3/c1-10-6-7-12(9-14(10)18)19-16(20)15-8-11-4-2-3-5-13(11)17(21)22-15/h2-7,9,15H,8H2,1H3,(H,19,20). The third-order valence-electron chi connectivity index (χ3n) is 3.62. The fraction of sp³-hybridized carbons (Fsp3) is 0.176. The Bertz CT molecular complexity index is 757. The Hall–Kier alpha value is -1.89. The van der Waals surface area contributed by atoms with Crippen molar-refractivity contribution in [1.82, 2.24) is 0 Å². The Morgan fingerprint density at radius 1 is 1.27 bits per heavy atom. The number of esters is 1. The molecular weight excluding hydrogens is 393 g/mol. The van der Waals surface area contributed by atoms with Crippen LogP contribution in [-0.4, -0.2) is 18.0 Å². The maximum Gasteiger partial charge on any atom is 0.339 e. The summed E-state index contributed by atoms with van der Waals surface area (Å²) in [6, 6.07) is 12.9. The highest BCUT2D eigenvalue weighted by Gasteiger charge is 2.31. The van der Waals surface area contributed by atoms with Gasteiger partial charge in [-0.1, -0.05) is 24.3 Å². The van der Waals surface area contributed by atoms with E-state index in [0.717, 1.165) is 14.7 Å². The Labute approximate surface area is 142 Å². The van der Waals surface area contributed by atoms with Crippen molar-refractivity contribution < 1.29 is 14.3 Å². The van der Waals surface area contributed by atoms with Gasteiger partial charge in [-0.25, -0.2) is 4.79 Å². The van der Waals surface area contributed by atoms with Gasteiger partial charge >= 0.3 is 5.97 Å². The van der Waals surface area contributed by atoms with Crippen LogP contribution in [0.1, 0.15) is 21.5 Å². The molecule has 0 saturated heterocycles. The maximum atomic E-state index is 12.3. The number of hydrogen-bond acceptors (Lipinski definition) is 3. The third kappa shape index (κ3) is 2.99. The number of rotatable bonds is 2. The van der Waals surface area contributed by atoms with Crippen LogP contribution in [0.5, 0.6) is 0 Å². The first kappa shape index (κ1) is 15.0. The van der Waals surface area contributed by atoms with Gasteiger partial charge in [-0.15, -0.1) is 0 Å². The molecule has 0 aromatic heterocycles. The number of anilines is 1. The largest absolute Gasteiger partial charge is 0.448 e. The first-order chi connectivity index (χ1) is 10.5. The van der Waals surface area contributed by atoms with Gasteiger partial charge in [-0.2, -0.15) is 0 Å². The smallest absolute Gasteiger partial charge is 0.339 e. The maximum absolute atomic E-state index is 12.3. The number of ether oxygens (including phenoxy) is 1. The molecule has 22 heavy (non-hydrogen) atoms.